The van der Waals surface area contributed by atoms with Crippen molar-refractivity contribution in [2.75, 3.05) is 42.6 Å². The summed E-state index contributed by atoms with van der Waals surface area (Å²) in [5, 5.41) is 0. The van der Waals surface area contributed by atoms with E-state index < -0.39 is 0 Å². The van der Waals surface area contributed by atoms with Gasteiger partial charge in [-0.2, -0.15) is 0 Å². The largest absolute Gasteiger partial charge is 0.447 e. The number of rotatable bonds is 4. The quantitative estimate of drug-likeness (QED) is 0.773. The van der Waals surface area contributed by atoms with Crippen molar-refractivity contribution in [2.24, 2.45) is 0 Å². The van der Waals surface area contributed by atoms with Gasteiger partial charge in [0.1, 0.15) is 18.2 Å². The van der Waals surface area contributed by atoms with Crippen molar-refractivity contribution < 1.29 is 14.3 Å². The summed E-state index contributed by atoms with van der Waals surface area (Å²) < 4.78 is 5.12. The van der Waals surface area contributed by atoms with E-state index in [1.807, 2.05) is 24.9 Å². The van der Waals surface area contributed by atoms with Gasteiger partial charge in [-0.05, 0) is 43.5 Å². The molecule has 0 saturated carbocycles. The highest BCUT2D eigenvalue weighted by molar-refractivity contribution is 5.95. The summed E-state index contributed by atoms with van der Waals surface area (Å²) >= 11 is 0. The molecule has 0 bridgehead atoms. The van der Waals surface area contributed by atoms with Gasteiger partial charge in [-0.1, -0.05) is 13.0 Å². The average molecular weight is 409 g/mol. The number of piperazine rings is 1. The predicted octanol–water partition coefficient (Wildman–Crippen LogP) is 2.79. The second kappa shape index (κ2) is 8.30. The molecular weight excluding hydrogens is 382 g/mol. The third-order valence-corrected chi connectivity index (χ3v) is 5.73. The molecule has 2 fully saturated rings. The smallest absolute Gasteiger partial charge is 0.415 e. The van der Waals surface area contributed by atoms with Crippen LogP contribution in [0, 0.1) is 13.8 Å². The molecule has 4 heterocycles. The van der Waals surface area contributed by atoms with Crippen molar-refractivity contribution in [3.05, 3.63) is 47.3 Å². The lowest BCUT2D eigenvalue weighted by atomic mass is 10.1. The zero-order chi connectivity index (χ0) is 21.3. The van der Waals surface area contributed by atoms with E-state index in [4.69, 9.17) is 4.74 Å². The number of ether oxygens (including phenoxy) is 1. The minimum absolute atomic E-state index is 0.0153. The van der Waals surface area contributed by atoms with Crippen LogP contribution in [-0.4, -0.2) is 65.7 Å². The second-order valence-electron chi connectivity index (χ2n) is 7.85. The molecule has 1 unspecified atom stereocenters. The van der Waals surface area contributed by atoms with Gasteiger partial charge < -0.3 is 14.5 Å². The Morgan fingerprint density at radius 2 is 1.90 bits per heavy atom. The molecule has 2 aromatic heterocycles. The SMILES string of the molecule is CCC1COC(=O)N1c1ccc(C(=O)N2CCN(c3ncc(C)cc3C)CC2)cn1. The lowest BCUT2D eigenvalue weighted by Crippen LogP contribution is -2.49. The molecule has 158 valence electrons. The zero-order valence-corrected chi connectivity index (χ0v) is 17.7. The number of pyridine rings is 2. The summed E-state index contributed by atoms with van der Waals surface area (Å²) in [6, 6.07) is 5.57. The number of cyclic esters (lactones) is 1. The van der Waals surface area contributed by atoms with Gasteiger partial charge in [0.05, 0.1) is 11.6 Å². The molecule has 0 radical (unpaired) electrons. The van der Waals surface area contributed by atoms with Crippen molar-refractivity contribution >= 4 is 23.6 Å². The molecule has 2 amide bonds. The fraction of sp³-hybridized carbons (Fsp3) is 0.455. The van der Waals surface area contributed by atoms with Crippen LogP contribution in [0.25, 0.3) is 0 Å². The lowest BCUT2D eigenvalue weighted by Gasteiger charge is -2.36. The molecule has 2 aromatic rings. The monoisotopic (exact) mass is 409 g/mol. The molecular formula is C22H27N5O3. The zero-order valence-electron chi connectivity index (χ0n) is 17.7. The molecule has 0 aromatic carbocycles. The van der Waals surface area contributed by atoms with Gasteiger partial charge in [-0.25, -0.2) is 14.8 Å². The third-order valence-electron chi connectivity index (χ3n) is 5.73. The van der Waals surface area contributed by atoms with Crippen molar-refractivity contribution in [1.29, 1.82) is 0 Å². The van der Waals surface area contributed by atoms with Gasteiger partial charge in [0, 0.05) is 38.6 Å². The van der Waals surface area contributed by atoms with E-state index in [2.05, 4.69) is 27.9 Å². The molecule has 4 rings (SSSR count). The Balaban J connectivity index is 1.40. The van der Waals surface area contributed by atoms with Gasteiger partial charge in [-0.15, -0.1) is 0 Å². The summed E-state index contributed by atoms with van der Waals surface area (Å²) in [6.45, 7) is 9.23. The molecule has 0 aliphatic carbocycles. The number of hydrogen-bond acceptors (Lipinski definition) is 6. The van der Waals surface area contributed by atoms with Gasteiger partial charge in [0.25, 0.3) is 5.91 Å². The van der Waals surface area contributed by atoms with E-state index in [0.29, 0.717) is 31.1 Å². The fourth-order valence-corrected chi connectivity index (χ4v) is 4.04. The van der Waals surface area contributed by atoms with Gasteiger partial charge in [-0.3, -0.25) is 9.69 Å². The number of aromatic nitrogens is 2. The molecule has 0 spiro atoms. The predicted molar refractivity (Wildman–Crippen MR) is 114 cm³/mol. The Kier molecular flexibility index (Phi) is 5.57. The minimum Gasteiger partial charge on any atom is -0.447 e. The average Bonchev–Trinajstić information content (AvgIpc) is 3.14. The number of aryl methyl sites for hydroxylation is 2. The van der Waals surface area contributed by atoms with E-state index >= 15 is 0 Å². The summed E-state index contributed by atoms with van der Waals surface area (Å²) in [5.74, 6) is 1.46. The molecule has 2 aliphatic rings. The molecule has 8 nitrogen and oxygen atoms in total. The van der Waals surface area contributed by atoms with Crippen LogP contribution in [0.15, 0.2) is 30.6 Å². The molecule has 2 aliphatic heterocycles. The maximum Gasteiger partial charge on any atom is 0.415 e. The molecule has 8 heteroatoms. The van der Waals surface area contributed by atoms with E-state index in [1.165, 1.54) is 0 Å². The number of carbonyl (C=O) groups excluding carboxylic acids is 2. The fourth-order valence-electron chi connectivity index (χ4n) is 4.04. The highest BCUT2D eigenvalue weighted by Crippen LogP contribution is 2.24. The molecule has 30 heavy (non-hydrogen) atoms. The molecule has 2 saturated heterocycles. The Morgan fingerprint density at radius 1 is 1.13 bits per heavy atom. The second-order valence-corrected chi connectivity index (χ2v) is 7.85. The number of anilines is 2. The van der Waals surface area contributed by atoms with Crippen molar-refractivity contribution in [3.8, 4) is 0 Å². The normalized spacial score (nSPS) is 19.2. The maximum atomic E-state index is 12.9. The van der Waals surface area contributed by atoms with Crippen molar-refractivity contribution in [2.45, 2.75) is 33.2 Å². The summed E-state index contributed by atoms with van der Waals surface area (Å²) in [4.78, 5) is 39.5. The molecule has 1 atom stereocenters. The number of hydrogen-bond donors (Lipinski definition) is 0. The van der Waals surface area contributed by atoms with E-state index in [0.717, 1.165) is 36.5 Å². The Morgan fingerprint density at radius 3 is 2.53 bits per heavy atom. The first kappa shape index (κ1) is 20.1. The summed E-state index contributed by atoms with van der Waals surface area (Å²) in [6.07, 6.45) is 3.83. The van der Waals surface area contributed by atoms with Crippen LogP contribution >= 0.6 is 0 Å². The third kappa shape index (κ3) is 3.81. The van der Waals surface area contributed by atoms with E-state index in [1.54, 1.807) is 23.2 Å². The van der Waals surface area contributed by atoms with Crippen molar-refractivity contribution in [1.82, 2.24) is 14.9 Å². The Bertz CT molecular complexity index is 938. The van der Waals surface area contributed by atoms with Gasteiger partial charge in [0.2, 0.25) is 0 Å². The van der Waals surface area contributed by atoms with Crippen LogP contribution in [0.1, 0.15) is 34.8 Å². The lowest BCUT2D eigenvalue weighted by molar-refractivity contribution is 0.0746. The first-order valence-electron chi connectivity index (χ1n) is 10.4. The van der Waals surface area contributed by atoms with Crippen LogP contribution in [0.4, 0.5) is 16.4 Å². The number of carbonyl (C=O) groups is 2. The Labute approximate surface area is 176 Å². The van der Waals surface area contributed by atoms with Gasteiger partial charge in [0.15, 0.2) is 0 Å². The van der Waals surface area contributed by atoms with Crippen molar-refractivity contribution in [3.63, 3.8) is 0 Å². The van der Waals surface area contributed by atoms with Crippen LogP contribution in [0.5, 0.6) is 0 Å². The standard InChI is InChI=1S/C22H27N5O3/c1-4-18-14-30-22(29)27(18)19-6-5-17(13-23-19)21(28)26-9-7-25(8-10-26)20-16(3)11-15(2)12-24-20/h5-6,11-13,18H,4,7-10,14H2,1-3H3. The van der Waals surface area contributed by atoms with E-state index in [-0.39, 0.29) is 18.0 Å². The number of nitrogens with zero attached hydrogens (tertiary/aromatic N) is 5. The van der Waals surface area contributed by atoms with Gasteiger partial charge >= 0.3 is 6.09 Å². The maximum absolute atomic E-state index is 12.9. The van der Waals surface area contributed by atoms with Crippen LogP contribution in [0.2, 0.25) is 0 Å². The first-order valence-corrected chi connectivity index (χ1v) is 10.4. The molecule has 0 N–H and O–H groups in total. The van der Waals surface area contributed by atoms with Crippen LogP contribution in [-0.2, 0) is 4.74 Å². The summed E-state index contributed by atoms with van der Waals surface area (Å²) in [5.41, 5.74) is 2.83. The van der Waals surface area contributed by atoms with Crippen LogP contribution < -0.4 is 9.80 Å². The topological polar surface area (TPSA) is 78.9 Å². The van der Waals surface area contributed by atoms with Crippen LogP contribution in [0.3, 0.4) is 0 Å². The summed E-state index contributed by atoms with van der Waals surface area (Å²) in [7, 11) is 0. The highest BCUT2D eigenvalue weighted by Gasteiger charge is 2.34. The highest BCUT2D eigenvalue weighted by atomic mass is 16.6. The first-order chi connectivity index (χ1) is 14.5. The minimum atomic E-state index is -0.385. The number of amides is 2. The van der Waals surface area contributed by atoms with E-state index in [9.17, 15) is 9.59 Å². The Hall–Kier alpha value is -3.16.